The lowest BCUT2D eigenvalue weighted by atomic mass is 10.0. The van der Waals surface area contributed by atoms with Crippen LogP contribution in [-0.4, -0.2) is 43.4 Å². The van der Waals surface area contributed by atoms with Gasteiger partial charge in [-0.05, 0) is 68.5 Å². The minimum atomic E-state index is -3.40. The Balaban J connectivity index is 1.81. The molecular weight excluding hydrogens is 457 g/mol. The average molecular weight is 484 g/mol. The lowest BCUT2D eigenvalue weighted by Crippen LogP contribution is -2.44. The number of nitrogens with zero attached hydrogens (tertiary/aromatic N) is 3. The number of benzene rings is 1. The van der Waals surface area contributed by atoms with Gasteiger partial charge in [0.15, 0.2) is 15.7 Å². The largest absolute Gasteiger partial charge is 0.358 e. The highest BCUT2D eigenvalue weighted by Gasteiger charge is 2.32. The van der Waals surface area contributed by atoms with Gasteiger partial charge in [0.1, 0.15) is 17.6 Å². The van der Waals surface area contributed by atoms with Gasteiger partial charge in [-0.1, -0.05) is 12.1 Å². The number of carbonyl (C=O) groups excluding carboxylic acids is 1. The van der Waals surface area contributed by atoms with Gasteiger partial charge in [-0.25, -0.2) is 17.8 Å². The lowest BCUT2D eigenvalue weighted by molar-refractivity contribution is 0.0143. The van der Waals surface area contributed by atoms with Gasteiger partial charge in [0.2, 0.25) is 0 Å². The summed E-state index contributed by atoms with van der Waals surface area (Å²) in [7, 11) is -3.40. The van der Waals surface area contributed by atoms with Crippen molar-refractivity contribution in [2.75, 3.05) is 17.8 Å². The summed E-state index contributed by atoms with van der Waals surface area (Å²) in [6.07, 6.45) is 6.35. The summed E-state index contributed by atoms with van der Waals surface area (Å²) < 4.78 is 44.8. The zero-order chi connectivity index (χ0) is 24.5. The Morgan fingerprint density at radius 2 is 1.85 bits per heavy atom. The molecule has 3 aromatic rings. The Kier molecular flexibility index (Phi) is 6.77. The summed E-state index contributed by atoms with van der Waals surface area (Å²) in [4.78, 5) is 24.1. The molecule has 7 nitrogen and oxygen atoms in total. The van der Waals surface area contributed by atoms with Crippen molar-refractivity contribution in [3.63, 3.8) is 0 Å². The highest BCUT2D eigenvalue weighted by molar-refractivity contribution is 7.90. The Morgan fingerprint density at radius 3 is 2.44 bits per heavy atom. The van der Waals surface area contributed by atoms with Gasteiger partial charge >= 0.3 is 0 Å². The quantitative estimate of drug-likeness (QED) is 0.532. The summed E-state index contributed by atoms with van der Waals surface area (Å²) in [5.74, 6) is -0.961. The maximum atomic E-state index is 15.3. The van der Waals surface area contributed by atoms with Crippen LogP contribution in [-0.2, 0) is 14.6 Å². The first kappa shape index (κ1) is 24.0. The van der Waals surface area contributed by atoms with Crippen LogP contribution in [0.2, 0.25) is 0 Å². The molecule has 2 aromatic heterocycles. The molecule has 0 bridgehead atoms. The molecule has 1 saturated heterocycles. The average Bonchev–Trinajstić information content (AvgIpc) is 2.84. The molecule has 0 saturated carbocycles. The molecule has 4 rings (SSSR count). The molecule has 1 fully saturated rings. The number of anilines is 1. The van der Waals surface area contributed by atoms with E-state index in [1.54, 1.807) is 38.4 Å². The highest BCUT2D eigenvalue weighted by atomic mass is 32.2. The fraction of sp³-hybridized carbons (Fsp3) is 0.320. The molecule has 1 atom stereocenters. The van der Waals surface area contributed by atoms with E-state index in [0.29, 0.717) is 35.4 Å². The van der Waals surface area contributed by atoms with E-state index in [2.05, 4.69) is 9.97 Å². The Bertz CT molecular complexity index is 1310. The molecule has 3 heterocycles. The highest BCUT2D eigenvalue weighted by Crippen LogP contribution is 2.30. The minimum Gasteiger partial charge on any atom is -0.358 e. The van der Waals surface area contributed by atoms with Crippen LogP contribution in [0.25, 0.3) is 11.3 Å². The van der Waals surface area contributed by atoms with Crippen molar-refractivity contribution in [3.8, 4) is 11.3 Å². The second kappa shape index (κ2) is 9.60. The topological polar surface area (TPSA) is 89.5 Å². The molecule has 9 heteroatoms. The van der Waals surface area contributed by atoms with Crippen LogP contribution in [0.4, 0.5) is 10.1 Å². The number of sulfone groups is 1. The van der Waals surface area contributed by atoms with Gasteiger partial charge in [0, 0.05) is 24.6 Å². The molecule has 1 aromatic carbocycles. The van der Waals surface area contributed by atoms with E-state index in [9.17, 15) is 13.2 Å². The Labute approximate surface area is 198 Å². The molecule has 0 spiro atoms. The van der Waals surface area contributed by atoms with Crippen LogP contribution in [0, 0.1) is 19.7 Å². The Morgan fingerprint density at radius 1 is 1.12 bits per heavy atom. The van der Waals surface area contributed by atoms with Gasteiger partial charge < -0.3 is 4.74 Å². The van der Waals surface area contributed by atoms with Crippen LogP contribution >= 0.6 is 0 Å². The van der Waals surface area contributed by atoms with E-state index >= 15 is 4.39 Å². The standard InChI is InChI=1S/C25H26FN3O4S/c1-16-17(2)23(28-24(22(16)26)18-9-11-20(12-10-18)34(3,31)32)25(30)29(19-7-6-13-27-15-19)21-8-4-5-14-33-21/h6-7,9-13,15,21H,4-5,8,14H2,1-3H3. The third kappa shape index (κ3) is 4.71. The number of hydrogen-bond donors (Lipinski definition) is 0. The molecular formula is C25H26FN3O4S. The molecule has 34 heavy (non-hydrogen) atoms. The smallest absolute Gasteiger partial charge is 0.279 e. The first-order chi connectivity index (χ1) is 16.2. The number of amides is 1. The fourth-order valence-corrected chi connectivity index (χ4v) is 4.61. The van der Waals surface area contributed by atoms with Crippen LogP contribution in [0.5, 0.6) is 0 Å². The van der Waals surface area contributed by atoms with E-state index < -0.39 is 27.8 Å². The first-order valence-corrected chi connectivity index (χ1v) is 12.9. The Hall–Kier alpha value is -3.17. The van der Waals surface area contributed by atoms with Crippen molar-refractivity contribution in [1.29, 1.82) is 0 Å². The lowest BCUT2D eigenvalue weighted by Gasteiger charge is -2.34. The van der Waals surface area contributed by atoms with E-state index in [4.69, 9.17) is 4.74 Å². The van der Waals surface area contributed by atoms with Gasteiger partial charge in [0.05, 0.1) is 16.8 Å². The third-order valence-corrected chi connectivity index (χ3v) is 7.15. The van der Waals surface area contributed by atoms with E-state index in [-0.39, 0.29) is 16.3 Å². The number of aromatic nitrogens is 2. The van der Waals surface area contributed by atoms with E-state index in [1.807, 2.05) is 0 Å². The number of ether oxygens (including phenoxy) is 1. The summed E-state index contributed by atoms with van der Waals surface area (Å²) >= 11 is 0. The first-order valence-electron chi connectivity index (χ1n) is 11.0. The monoisotopic (exact) mass is 483 g/mol. The summed E-state index contributed by atoms with van der Waals surface area (Å²) in [6, 6.07) is 9.31. The van der Waals surface area contributed by atoms with Crippen LogP contribution in [0.1, 0.15) is 40.9 Å². The SMILES string of the molecule is Cc1c(C(=O)N(c2cccnc2)C2CCCCO2)nc(-c2ccc(S(C)(=O)=O)cc2)c(F)c1C. The third-order valence-electron chi connectivity index (χ3n) is 6.02. The van der Waals surface area contributed by atoms with Gasteiger partial charge in [-0.15, -0.1) is 0 Å². The van der Waals surface area contributed by atoms with Crippen molar-refractivity contribution in [3.05, 3.63) is 71.4 Å². The summed E-state index contributed by atoms with van der Waals surface area (Å²) in [6.45, 7) is 3.81. The van der Waals surface area contributed by atoms with Crippen molar-refractivity contribution in [1.82, 2.24) is 9.97 Å². The maximum Gasteiger partial charge on any atom is 0.279 e. The van der Waals surface area contributed by atoms with E-state index in [1.165, 1.54) is 29.2 Å². The zero-order valence-corrected chi connectivity index (χ0v) is 20.1. The number of pyridine rings is 2. The number of halogens is 1. The van der Waals surface area contributed by atoms with Gasteiger partial charge in [-0.3, -0.25) is 14.7 Å². The predicted octanol–water partition coefficient (Wildman–Crippen LogP) is 4.48. The van der Waals surface area contributed by atoms with Crippen molar-refractivity contribution in [2.24, 2.45) is 0 Å². The molecule has 1 unspecified atom stereocenters. The zero-order valence-electron chi connectivity index (χ0n) is 19.3. The minimum absolute atomic E-state index is 0.0119. The number of carbonyl (C=O) groups is 1. The van der Waals surface area contributed by atoms with Crippen molar-refractivity contribution < 1.29 is 22.3 Å². The normalized spacial score (nSPS) is 16.3. The molecule has 1 aliphatic heterocycles. The molecule has 0 aliphatic carbocycles. The van der Waals surface area contributed by atoms with E-state index in [0.717, 1.165) is 19.1 Å². The second-order valence-electron chi connectivity index (χ2n) is 8.38. The number of hydrogen-bond acceptors (Lipinski definition) is 6. The molecule has 1 aliphatic rings. The van der Waals surface area contributed by atoms with Crippen LogP contribution in [0.3, 0.4) is 0 Å². The molecule has 178 valence electrons. The summed E-state index contributed by atoms with van der Waals surface area (Å²) in [5, 5.41) is 0. The van der Waals surface area contributed by atoms with Crippen LogP contribution in [0.15, 0.2) is 53.7 Å². The molecule has 1 amide bonds. The fourth-order valence-electron chi connectivity index (χ4n) is 3.98. The summed E-state index contributed by atoms with van der Waals surface area (Å²) in [5.41, 5.74) is 1.78. The molecule has 0 N–H and O–H groups in total. The molecule has 0 radical (unpaired) electrons. The maximum absolute atomic E-state index is 15.3. The predicted molar refractivity (Wildman–Crippen MR) is 127 cm³/mol. The second-order valence-corrected chi connectivity index (χ2v) is 10.4. The van der Waals surface area contributed by atoms with Gasteiger partial charge in [-0.2, -0.15) is 0 Å². The van der Waals surface area contributed by atoms with Gasteiger partial charge in [0.25, 0.3) is 5.91 Å². The van der Waals surface area contributed by atoms with Crippen molar-refractivity contribution in [2.45, 2.75) is 44.2 Å². The van der Waals surface area contributed by atoms with Crippen LogP contribution < -0.4 is 4.90 Å². The number of rotatable bonds is 5. The van der Waals surface area contributed by atoms with Crippen molar-refractivity contribution >= 4 is 21.4 Å².